The number of nitrogens with one attached hydrogen (secondary N) is 2. The Morgan fingerprint density at radius 3 is 1.87 bits per heavy atom. The topological polar surface area (TPSA) is 78.4 Å². The van der Waals surface area contributed by atoms with Crippen LogP contribution in [0.25, 0.3) is 0 Å². The number of rotatable bonds is 5. The van der Waals surface area contributed by atoms with Gasteiger partial charge in [0.2, 0.25) is 0 Å². The van der Waals surface area contributed by atoms with E-state index in [1.807, 2.05) is 6.92 Å². The Labute approximate surface area is 134 Å². The van der Waals surface area contributed by atoms with Crippen molar-refractivity contribution in [2.75, 3.05) is 30.3 Å². The zero-order chi connectivity index (χ0) is 16.4. The number of hydrogen-bond acceptors (Lipinski definition) is 5. The van der Waals surface area contributed by atoms with E-state index in [9.17, 15) is 9.59 Å². The van der Waals surface area contributed by atoms with Crippen LogP contribution in [-0.2, 0) is 0 Å². The van der Waals surface area contributed by atoms with Crippen LogP contribution < -0.4 is 10.6 Å². The molecule has 0 bridgehead atoms. The lowest BCUT2D eigenvalue weighted by Crippen LogP contribution is -2.24. The summed E-state index contributed by atoms with van der Waals surface area (Å²) in [7, 11) is 0. The molecular weight excluding hydrogens is 292 g/mol. The summed E-state index contributed by atoms with van der Waals surface area (Å²) >= 11 is 0. The van der Waals surface area contributed by atoms with Gasteiger partial charge in [0.1, 0.15) is 0 Å². The molecule has 0 heterocycles. The minimum absolute atomic E-state index is 0.0531. The predicted molar refractivity (Wildman–Crippen MR) is 89.5 cm³/mol. The number of ketones is 2. The molecule has 0 spiro atoms. The molecule has 5 nitrogen and oxygen atoms in total. The van der Waals surface area contributed by atoms with E-state index in [0.29, 0.717) is 46.7 Å². The quantitative estimate of drug-likeness (QED) is 0.674. The van der Waals surface area contributed by atoms with Crippen molar-refractivity contribution in [1.29, 1.82) is 0 Å². The second-order valence-electron chi connectivity index (χ2n) is 5.30. The molecule has 0 fully saturated rings. The molecule has 23 heavy (non-hydrogen) atoms. The normalized spacial score (nSPS) is 12.6. The fraction of sp³-hybridized carbons (Fsp3) is 0.222. The van der Waals surface area contributed by atoms with Gasteiger partial charge in [-0.15, -0.1) is 0 Å². The van der Waals surface area contributed by atoms with Crippen molar-refractivity contribution in [2.45, 2.75) is 6.92 Å². The van der Waals surface area contributed by atoms with Crippen LogP contribution in [0.3, 0.4) is 0 Å². The SMILES string of the molecule is CCNc1ccc(NCCO)c2c1C(=O)c1ccccc1C2=O. The van der Waals surface area contributed by atoms with Crippen LogP contribution in [0.1, 0.15) is 38.8 Å². The standard InChI is InChI=1S/C18H18N2O3/c1-2-19-13-7-8-14(20-9-10-21)16-15(13)17(22)11-5-3-4-6-12(11)18(16)23/h3-8,19-21H,2,9-10H2,1H3. The Morgan fingerprint density at radius 2 is 1.39 bits per heavy atom. The molecule has 0 saturated heterocycles. The Balaban J connectivity index is 2.23. The third-order valence-corrected chi connectivity index (χ3v) is 3.87. The molecule has 0 radical (unpaired) electrons. The van der Waals surface area contributed by atoms with Crippen LogP contribution in [0.5, 0.6) is 0 Å². The number of carbonyl (C=O) groups is 2. The Bertz CT molecular complexity index is 784. The van der Waals surface area contributed by atoms with E-state index in [1.165, 1.54) is 0 Å². The Kier molecular flexibility index (Phi) is 4.12. The van der Waals surface area contributed by atoms with Gasteiger partial charge in [0.25, 0.3) is 0 Å². The summed E-state index contributed by atoms with van der Waals surface area (Å²) < 4.78 is 0. The molecule has 0 aliphatic heterocycles. The number of anilines is 2. The number of aliphatic hydroxyl groups excluding tert-OH is 1. The van der Waals surface area contributed by atoms with E-state index >= 15 is 0 Å². The first-order chi connectivity index (χ1) is 11.2. The molecule has 0 amide bonds. The second kappa shape index (κ2) is 6.22. The van der Waals surface area contributed by atoms with Gasteiger partial charge in [0.05, 0.1) is 17.7 Å². The summed E-state index contributed by atoms with van der Waals surface area (Å²) in [6, 6.07) is 10.4. The van der Waals surface area contributed by atoms with Gasteiger partial charge in [0.15, 0.2) is 11.6 Å². The van der Waals surface area contributed by atoms with E-state index in [1.54, 1.807) is 36.4 Å². The second-order valence-corrected chi connectivity index (χ2v) is 5.30. The van der Waals surface area contributed by atoms with E-state index in [4.69, 9.17) is 5.11 Å². The highest BCUT2D eigenvalue weighted by molar-refractivity contribution is 6.31. The molecule has 1 aliphatic carbocycles. The van der Waals surface area contributed by atoms with E-state index < -0.39 is 0 Å². The van der Waals surface area contributed by atoms with Gasteiger partial charge in [-0.1, -0.05) is 24.3 Å². The van der Waals surface area contributed by atoms with Crippen molar-refractivity contribution in [3.63, 3.8) is 0 Å². The number of fused-ring (bicyclic) bond motifs is 2. The first kappa shape index (κ1) is 15.2. The summed E-state index contributed by atoms with van der Waals surface area (Å²) in [6.07, 6.45) is 0. The van der Waals surface area contributed by atoms with Crippen LogP contribution in [0.2, 0.25) is 0 Å². The summed E-state index contributed by atoms with van der Waals surface area (Å²) in [5.41, 5.74) is 2.86. The maximum Gasteiger partial charge on any atom is 0.196 e. The molecule has 1 aliphatic rings. The fourth-order valence-corrected chi connectivity index (χ4v) is 2.90. The fourth-order valence-electron chi connectivity index (χ4n) is 2.90. The van der Waals surface area contributed by atoms with Gasteiger partial charge in [-0.05, 0) is 19.1 Å². The van der Waals surface area contributed by atoms with Crippen molar-refractivity contribution >= 4 is 22.9 Å². The van der Waals surface area contributed by atoms with Gasteiger partial charge in [-0.25, -0.2) is 0 Å². The molecule has 0 aromatic heterocycles. The molecule has 2 aromatic carbocycles. The minimum atomic E-state index is -0.171. The van der Waals surface area contributed by atoms with Gasteiger partial charge in [-0.3, -0.25) is 9.59 Å². The molecule has 3 N–H and O–H groups in total. The van der Waals surface area contributed by atoms with Crippen LogP contribution in [0.15, 0.2) is 36.4 Å². The Morgan fingerprint density at radius 1 is 0.870 bits per heavy atom. The number of carbonyl (C=O) groups excluding carboxylic acids is 2. The largest absolute Gasteiger partial charge is 0.395 e. The zero-order valence-electron chi connectivity index (χ0n) is 12.8. The lowest BCUT2D eigenvalue weighted by atomic mass is 9.82. The predicted octanol–water partition coefficient (Wildman–Crippen LogP) is 2.30. The molecular formula is C18H18N2O3. The van der Waals surface area contributed by atoms with Crippen molar-refractivity contribution in [3.05, 3.63) is 58.7 Å². The van der Waals surface area contributed by atoms with Crippen molar-refractivity contribution < 1.29 is 14.7 Å². The monoisotopic (exact) mass is 310 g/mol. The first-order valence-corrected chi connectivity index (χ1v) is 7.63. The number of benzene rings is 2. The molecule has 118 valence electrons. The molecule has 0 unspecified atom stereocenters. The molecule has 0 atom stereocenters. The van der Waals surface area contributed by atoms with Crippen molar-refractivity contribution in [3.8, 4) is 0 Å². The first-order valence-electron chi connectivity index (χ1n) is 7.63. The Hall–Kier alpha value is -2.66. The lowest BCUT2D eigenvalue weighted by molar-refractivity contribution is 0.0980. The van der Waals surface area contributed by atoms with E-state index in [2.05, 4.69) is 10.6 Å². The lowest BCUT2D eigenvalue weighted by Gasteiger charge is -2.23. The molecule has 3 rings (SSSR count). The average molecular weight is 310 g/mol. The number of aliphatic hydroxyl groups is 1. The smallest absolute Gasteiger partial charge is 0.196 e. The minimum Gasteiger partial charge on any atom is -0.395 e. The maximum absolute atomic E-state index is 12.9. The highest BCUT2D eigenvalue weighted by atomic mass is 16.3. The average Bonchev–Trinajstić information content (AvgIpc) is 2.58. The summed E-state index contributed by atoms with van der Waals surface area (Å²) in [6.45, 7) is 2.85. The molecule has 5 heteroatoms. The summed E-state index contributed by atoms with van der Waals surface area (Å²) in [5.74, 6) is -0.325. The highest BCUT2D eigenvalue weighted by Crippen LogP contribution is 2.36. The van der Waals surface area contributed by atoms with Crippen LogP contribution >= 0.6 is 0 Å². The van der Waals surface area contributed by atoms with Crippen LogP contribution in [0, 0.1) is 0 Å². The van der Waals surface area contributed by atoms with Gasteiger partial charge >= 0.3 is 0 Å². The van der Waals surface area contributed by atoms with E-state index in [0.717, 1.165) is 0 Å². The molecule has 2 aromatic rings. The van der Waals surface area contributed by atoms with E-state index in [-0.39, 0.29) is 18.2 Å². The third-order valence-electron chi connectivity index (χ3n) is 3.87. The summed E-state index contributed by atoms with van der Waals surface area (Å²) in [5, 5.41) is 15.2. The maximum atomic E-state index is 12.9. The van der Waals surface area contributed by atoms with Crippen molar-refractivity contribution in [2.24, 2.45) is 0 Å². The zero-order valence-corrected chi connectivity index (χ0v) is 12.8. The van der Waals surface area contributed by atoms with Crippen molar-refractivity contribution in [1.82, 2.24) is 0 Å². The molecule has 0 saturated carbocycles. The van der Waals surface area contributed by atoms with Crippen LogP contribution in [-0.4, -0.2) is 36.4 Å². The number of hydrogen-bond donors (Lipinski definition) is 3. The van der Waals surface area contributed by atoms with Gasteiger partial charge < -0.3 is 15.7 Å². The third kappa shape index (κ3) is 2.49. The van der Waals surface area contributed by atoms with Gasteiger partial charge in [-0.2, -0.15) is 0 Å². The summed E-state index contributed by atoms with van der Waals surface area (Å²) in [4.78, 5) is 25.8. The highest BCUT2D eigenvalue weighted by Gasteiger charge is 2.33. The van der Waals surface area contributed by atoms with Crippen LogP contribution in [0.4, 0.5) is 11.4 Å². The van der Waals surface area contributed by atoms with Gasteiger partial charge in [0, 0.05) is 35.6 Å².